The first-order chi connectivity index (χ1) is 8.47. The van der Waals surface area contributed by atoms with Gasteiger partial charge in [0, 0.05) is 24.0 Å². The zero-order valence-electron chi connectivity index (χ0n) is 10.7. The molecule has 1 aliphatic carbocycles. The number of rotatable bonds is 3. The van der Waals surface area contributed by atoms with Gasteiger partial charge in [0.2, 0.25) is 0 Å². The lowest BCUT2D eigenvalue weighted by Crippen LogP contribution is -2.38. The Morgan fingerprint density at radius 1 is 1.50 bits per heavy atom. The smallest absolute Gasteiger partial charge is 0.253 e. The minimum atomic E-state index is 0.0329. The summed E-state index contributed by atoms with van der Waals surface area (Å²) in [5, 5.41) is 9.35. The zero-order chi connectivity index (χ0) is 13.3. The van der Waals surface area contributed by atoms with Gasteiger partial charge < -0.3 is 10.0 Å². The van der Waals surface area contributed by atoms with Crippen LogP contribution in [0.5, 0.6) is 5.75 Å². The van der Waals surface area contributed by atoms with Crippen LogP contribution in [0.3, 0.4) is 0 Å². The molecule has 0 unspecified atom stereocenters. The van der Waals surface area contributed by atoms with Crippen LogP contribution < -0.4 is 0 Å². The van der Waals surface area contributed by atoms with Crippen molar-refractivity contribution in [1.29, 1.82) is 0 Å². The number of hydrogen-bond donors (Lipinski definition) is 1. The van der Waals surface area contributed by atoms with Gasteiger partial charge in [0.15, 0.2) is 0 Å². The molecule has 0 heterocycles. The van der Waals surface area contributed by atoms with Crippen LogP contribution >= 0.6 is 15.9 Å². The first-order valence-electron chi connectivity index (χ1n) is 6.16. The van der Waals surface area contributed by atoms with Gasteiger partial charge in [0.25, 0.3) is 5.91 Å². The van der Waals surface area contributed by atoms with Crippen molar-refractivity contribution in [2.75, 3.05) is 13.6 Å². The molecule has 2 rings (SSSR count). The number of carbonyl (C=O) groups excluding carboxylic acids is 1. The molecule has 0 radical (unpaired) electrons. The van der Waals surface area contributed by atoms with E-state index < -0.39 is 0 Å². The van der Waals surface area contributed by atoms with Gasteiger partial charge in [-0.3, -0.25) is 4.79 Å². The normalized spacial score (nSPS) is 22.4. The second-order valence-corrected chi connectivity index (χ2v) is 6.41. The molecule has 0 aromatic heterocycles. The molecule has 0 aliphatic heterocycles. The van der Waals surface area contributed by atoms with E-state index >= 15 is 0 Å². The van der Waals surface area contributed by atoms with E-state index in [9.17, 15) is 9.90 Å². The van der Waals surface area contributed by atoms with Crippen molar-refractivity contribution in [3.8, 4) is 5.75 Å². The quantitative estimate of drug-likeness (QED) is 0.872. The maximum absolute atomic E-state index is 12.3. The predicted octanol–water partition coefficient (Wildman–Crippen LogP) is 2.95. The number of aromatic hydroxyl groups is 1. The molecule has 4 heteroatoms. The standard InChI is InChI=1S/C14H18BrNO2/c1-9-5-12(17)3-4-13(9)14(18)16(2)8-10-6-11(15)7-10/h3-5,10-11,17H,6-8H2,1-2H3. The molecule has 0 bridgehead atoms. The summed E-state index contributed by atoms with van der Waals surface area (Å²) in [4.78, 5) is 14.7. The van der Waals surface area contributed by atoms with E-state index in [1.165, 1.54) is 0 Å². The van der Waals surface area contributed by atoms with Crippen LogP contribution in [-0.2, 0) is 0 Å². The van der Waals surface area contributed by atoms with E-state index in [-0.39, 0.29) is 11.7 Å². The van der Waals surface area contributed by atoms with Crippen molar-refractivity contribution in [3.63, 3.8) is 0 Å². The third-order valence-corrected chi connectivity index (χ3v) is 4.24. The number of hydrogen-bond acceptors (Lipinski definition) is 2. The Morgan fingerprint density at radius 3 is 2.72 bits per heavy atom. The van der Waals surface area contributed by atoms with E-state index in [4.69, 9.17) is 0 Å². The van der Waals surface area contributed by atoms with Crippen LogP contribution in [0.15, 0.2) is 18.2 Å². The van der Waals surface area contributed by atoms with E-state index in [2.05, 4.69) is 15.9 Å². The molecule has 98 valence electrons. The van der Waals surface area contributed by atoms with Gasteiger partial charge in [-0.25, -0.2) is 0 Å². The fraction of sp³-hybridized carbons (Fsp3) is 0.500. The van der Waals surface area contributed by atoms with Crippen LogP contribution in [0.1, 0.15) is 28.8 Å². The van der Waals surface area contributed by atoms with Crippen molar-refractivity contribution in [2.24, 2.45) is 5.92 Å². The highest BCUT2D eigenvalue weighted by Gasteiger charge is 2.29. The summed E-state index contributed by atoms with van der Waals surface area (Å²) >= 11 is 3.56. The second kappa shape index (κ2) is 5.31. The number of amides is 1. The van der Waals surface area contributed by atoms with Crippen LogP contribution in [0.4, 0.5) is 0 Å². The molecular formula is C14H18BrNO2. The topological polar surface area (TPSA) is 40.5 Å². The largest absolute Gasteiger partial charge is 0.508 e. The summed E-state index contributed by atoms with van der Waals surface area (Å²) in [6.45, 7) is 2.65. The molecule has 1 N–H and O–H groups in total. The summed E-state index contributed by atoms with van der Waals surface area (Å²) in [5.74, 6) is 0.846. The summed E-state index contributed by atoms with van der Waals surface area (Å²) in [6.07, 6.45) is 2.29. The number of benzene rings is 1. The highest BCUT2D eigenvalue weighted by molar-refractivity contribution is 9.09. The lowest BCUT2D eigenvalue weighted by Gasteiger charge is -2.34. The van der Waals surface area contributed by atoms with Gasteiger partial charge in [-0.15, -0.1) is 0 Å². The van der Waals surface area contributed by atoms with Crippen molar-refractivity contribution in [3.05, 3.63) is 29.3 Å². The predicted molar refractivity (Wildman–Crippen MR) is 75.2 cm³/mol. The molecule has 3 nitrogen and oxygen atoms in total. The van der Waals surface area contributed by atoms with Crippen molar-refractivity contribution in [1.82, 2.24) is 4.90 Å². The highest BCUT2D eigenvalue weighted by Crippen LogP contribution is 2.33. The molecule has 18 heavy (non-hydrogen) atoms. The molecule has 0 spiro atoms. The molecule has 0 saturated heterocycles. The third-order valence-electron chi connectivity index (χ3n) is 3.50. The highest BCUT2D eigenvalue weighted by atomic mass is 79.9. The second-order valence-electron chi connectivity index (χ2n) is 5.12. The zero-order valence-corrected chi connectivity index (χ0v) is 12.3. The maximum Gasteiger partial charge on any atom is 0.253 e. The van der Waals surface area contributed by atoms with Crippen molar-refractivity contribution in [2.45, 2.75) is 24.6 Å². The number of halogens is 1. The van der Waals surface area contributed by atoms with Gasteiger partial charge in [-0.1, -0.05) is 15.9 Å². The Hall–Kier alpha value is -1.03. The summed E-state index contributed by atoms with van der Waals surface area (Å²) < 4.78 is 0. The van der Waals surface area contributed by atoms with Crippen LogP contribution in [0.2, 0.25) is 0 Å². The minimum absolute atomic E-state index is 0.0329. The van der Waals surface area contributed by atoms with Crippen LogP contribution in [0.25, 0.3) is 0 Å². The van der Waals surface area contributed by atoms with Gasteiger partial charge in [-0.05, 0) is 49.4 Å². The molecule has 1 saturated carbocycles. The molecule has 1 aromatic rings. The molecule has 1 aromatic carbocycles. The van der Waals surface area contributed by atoms with Crippen LogP contribution in [0, 0.1) is 12.8 Å². The first-order valence-corrected chi connectivity index (χ1v) is 7.08. The fourth-order valence-corrected chi connectivity index (χ4v) is 3.42. The summed E-state index contributed by atoms with van der Waals surface area (Å²) in [6, 6.07) is 4.88. The average Bonchev–Trinajstić information content (AvgIpc) is 2.26. The number of aryl methyl sites for hydroxylation is 1. The molecule has 1 amide bonds. The Balaban J connectivity index is 2.01. The molecule has 1 fully saturated rings. The Bertz CT molecular complexity index is 455. The fourth-order valence-electron chi connectivity index (χ4n) is 2.37. The SMILES string of the molecule is Cc1cc(O)ccc1C(=O)N(C)CC1CC(Br)C1. The number of phenolic OH excluding ortho intramolecular Hbond substituents is 1. The Morgan fingerprint density at radius 2 is 2.17 bits per heavy atom. The summed E-state index contributed by atoms with van der Waals surface area (Å²) in [5.41, 5.74) is 1.49. The summed E-state index contributed by atoms with van der Waals surface area (Å²) in [7, 11) is 1.84. The maximum atomic E-state index is 12.3. The van der Waals surface area contributed by atoms with Gasteiger partial charge in [-0.2, -0.15) is 0 Å². The van der Waals surface area contributed by atoms with Gasteiger partial charge in [0.1, 0.15) is 5.75 Å². The molecular weight excluding hydrogens is 294 g/mol. The molecule has 0 atom stereocenters. The number of nitrogens with zero attached hydrogens (tertiary/aromatic N) is 1. The van der Waals surface area contributed by atoms with Gasteiger partial charge in [0.05, 0.1) is 0 Å². The van der Waals surface area contributed by atoms with Crippen LogP contribution in [-0.4, -0.2) is 34.3 Å². The third kappa shape index (κ3) is 2.86. The lowest BCUT2D eigenvalue weighted by molar-refractivity contribution is 0.0748. The van der Waals surface area contributed by atoms with E-state index in [0.29, 0.717) is 16.3 Å². The van der Waals surface area contributed by atoms with Crippen molar-refractivity contribution < 1.29 is 9.90 Å². The van der Waals surface area contributed by atoms with Gasteiger partial charge >= 0.3 is 0 Å². The Kier molecular flexibility index (Phi) is 3.95. The van der Waals surface area contributed by atoms with E-state index in [0.717, 1.165) is 24.9 Å². The van der Waals surface area contributed by atoms with Crippen molar-refractivity contribution >= 4 is 21.8 Å². The minimum Gasteiger partial charge on any atom is -0.508 e. The van der Waals surface area contributed by atoms with E-state index in [1.54, 1.807) is 23.1 Å². The number of alkyl halides is 1. The average molecular weight is 312 g/mol. The lowest BCUT2D eigenvalue weighted by atomic mass is 9.85. The monoisotopic (exact) mass is 311 g/mol. The first kappa shape index (κ1) is 13.4. The van der Waals surface area contributed by atoms with E-state index in [1.807, 2.05) is 14.0 Å². The Labute approximate surface area is 116 Å². The molecule has 1 aliphatic rings. The number of carbonyl (C=O) groups is 1. The number of phenols is 1.